The Morgan fingerprint density at radius 2 is 1.77 bits per heavy atom. The van der Waals surface area contributed by atoms with E-state index in [4.69, 9.17) is 10.5 Å². The minimum atomic E-state index is -1.04. The zero-order valence-corrected chi connectivity index (χ0v) is 22.9. The number of benzene rings is 1. The summed E-state index contributed by atoms with van der Waals surface area (Å²) in [6, 6.07) is 7.18. The second-order valence-corrected chi connectivity index (χ2v) is 9.70. The van der Waals surface area contributed by atoms with Gasteiger partial charge in [-0.05, 0) is 30.7 Å². The fraction of sp³-hybridized carbons (Fsp3) is 0.444. The van der Waals surface area contributed by atoms with E-state index in [9.17, 15) is 19.2 Å². The number of nitrogen functional groups attached to an aromatic ring is 1. The fourth-order valence-corrected chi connectivity index (χ4v) is 3.99. The second-order valence-electron chi connectivity index (χ2n) is 9.70. The van der Waals surface area contributed by atoms with Crippen molar-refractivity contribution in [2.75, 3.05) is 12.3 Å². The van der Waals surface area contributed by atoms with E-state index >= 15 is 0 Å². The smallest absolute Gasteiger partial charge is 0.408 e. The summed E-state index contributed by atoms with van der Waals surface area (Å²) in [6.45, 7) is 6.26. The summed E-state index contributed by atoms with van der Waals surface area (Å²) < 4.78 is 7.02. The van der Waals surface area contributed by atoms with E-state index in [1.54, 1.807) is 17.8 Å². The number of anilines is 1. The Kier molecular flexibility index (Phi) is 10.9. The number of nitrogens with two attached hydrogens (primary N) is 1. The van der Waals surface area contributed by atoms with Gasteiger partial charge in [0.05, 0.1) is 12.4 Å². The standard InChI is InChI=1S/C27H36N8O5/c1-4-19(22(36)26(38)29-11-8-12-35-16-32-21-23(28)30-15-31-24(21)35)33-25(37)20(13-17(2)3)34-27(39)40-14-18-9-6-5-7-10-18/h5-7,9-10,15-17,19-20H,4,8,11-14H2,1-3H3,(H,29,38)(H,33,37)(H,34,39)(H2,28,30,31)/t19?,20-/m0/s1. The number of nitrogens with one attached hydrogen (secondary N) is 3. The number of alkyl carbamates (subject to hydrolysis) is 1. The van der Waals surface area contributed by atoms with Gasteiger partial charge >= 0.3 is 6.09 Å². The number of hydrogen-bond acceptors (Lipinski definition) is 9. The van der Waals surface area contributed by atoms with Crippen LogP contribution in [-0.2, 0) is 32.3 Å². The number of Topliss-reactive ketones (excluding diaryl/α,β-unsaturated/α-hetero) is 1. The van der Waals surface area contributed by atoms with E-state index in [0.29, 0.717) is 30.6 Å². The van der Waals surface area contributed by atoms with Gasteiger partial charge in [0.25, 0.3) is 5.91 Å². The zero-order valence-electron chi connectivity index (χ0n) is 22.9. The molecule has 2 atom stereocenters. The first kappa shape index (κ1) is 30.0. The molecule has 0 spiro atoms. The van der Waals surface area contributed by atoms with Crippen molar-refractivity contribution in [2.24, 2.45) is 5.92 Å². The van der Waals surface area contributed by atoms with Crippen molar-refractivity contribution in [2.45, 2.75) is 65.3 Å². The van der Waals surface area contributed by atoms with Crippen LogP contribution in [0.25, 0.3) is 11.2 Å². The predicted octanol–water partition coefficient (Wildman–Crippen LogP) is 1.72. The summed E-state index contributed by atoms with van der Waals surface area (Å²) in [5, 5.41) is 7.79. The molecule has 0 aliphatic rings. The van der Waals surface area contributed by atoms with E-state index in [-0.39, 0.29) is 31.3 Å². The predicted molar refractivity (Wildman–Crippen MR) is 148 cm³/mol. The first-order chi connectivity index (χ1) is 19.2. The van der Waals surface area contributed by atoms with E-state index in [2.05, 4.69) is 30.9 Å². The van der Waals surface area contributed by atoms with Crippen LogP contribution in [-0.4, -0.2) is 61.8 Å². The van der Waals surface area contributed by atoms with E-state index < -0.39 is 35.8 Å². The highest BCUT2D eigenvalue weighted by Crippen LogP contribution is 2.14. The average molecular weight is 553 g/mol. The normalized spacial score (nSPS) is 12.5. The van der Waals surface area contributed by atoms with Crippen LogP contribution in [0, 0.1) is 5.92 Å². The number of aromatic nitrogens is 4. The number of carbonyl (C=O) groups is 4. The van der Waals surface area contributed by atoms with Crippen LogP contribution < -0.4 is 21.7 Å². The van der Waals surface area contributed by atoms with Crippen molar-refractivity contribution in [1.82, 2.24) is 35.5 Å². The number of nitrogens with zero attached hydrogens (tertiary/aromatic N) is 4. The van der Waals surface area contributed by atoms with E-state index in [1.165, 1.54) is 6.33 Å². The van der Waals surface area contributed by atoms with Crippen molar-refractivity contribution in [3.8, 4) is 0 Å². The van der Waals surface area contributed by atoms with Gasteiger partial charge in [-0.2, -0.15) is 0 Å². The second kappa shape index (κ2) is 14.6. The van der Waals surface area contributed by atoms with Gasteiger partial charge in [-0.25, -0.2) is 19.7 Å². The maximum Gasteiger partial charge on any atom is 0.408 e. The van der Waals surface area contributed by atoms with Gasteiger partial charge in [0.2, 0.25) is 11.7 Å². The number of ketones is 1. The molecule has 13 heteroatoms. The Labute approximate surface area is 232 Å². The van der Waals surface area contributed by atoms with Crippen molar-refractivity contribution in [3.63, 3.8) is 0 Å². The van der Waals surface area contributed by atoms with Gasteiger partial charge in [-0.3, -0.25) is 14.4 Å². The molecule has 40 heavy (non-hydrogen) atoms. The summed E-state index contributed by atoms with van der Waals surface area (Å²) in [6.07, 6.45) is 3.22. The third kappa shape index (κ3) is 8.48. The third-order valence-electron chi connectivity index (χ3n) is 6.08. The quantitative estimate of drug-likeness (QED) is 0.171. The number of imidazole rings is 1. The molecule has 1 unspecified atom stereocenters. The molecule has 3 rings (SSSR count). The van der Waals surface area contributed by atoms with Gasteiger partial charge in [-0.1, -0.05) is 51.1 Å². The first-order valence-electron chi connectivity index (χ1n) is 13.2. The molecule has 3 aromatic rings. The molecule has 214 valence electrons. The largest absolute Gasteiger partial charge is 0.445 e. The van der Waals surface area contributed by atoms with Crippen molar-refractivity contribution >= 4 is 40.7 Å². The highest BCUT2D eigenvalue weighted by atomic mass is 16.5. The number of hydrogen-bond donors (Lipinski definition) is 4. The number of fused-ring (bicyclic) bond motifs is 1. The number of carbonyl (C=O) groups excluding carboxylic acids is 4. The van der Waals surface area contributed by atoms with Crippen LogP contribution in [0.5, 0.6) is 0 Å². The molecule has 3 amide bonds. The van der Waals surface area contributed by atoms with Crippen molar-refractivity contribution in [1.29, 1.82) is 0 Å². The molecular weight excluding hydrogens is 516 g/mol. The molecule has 5 N–H and O–H groups in total. The van der Waals surface area contributed by atoms with Crippen molar-refractivity contribution < 1.29 is 23.9 Å². The topological polar surface area (TPSA) is 183 Å². The van der Waals surface area contributed by atoms with E-state index in [1.807, 2.05) is 44.2 Å². The highest BCUT2D eigenvalue weighted by molar-refractivity contribution is 6.38. The Morgan fingerprint density at radius 3 is 2.48 bits per heavy atom. The van der Waals surface area contributed by atoms with Gasteiger partial charge in [0.1, 0.15) is 24.5 Å². The Bertz CT molecular complexity index is 1310. The Hall–Kier alpha value is -4.55. The summed E-state index contributed by atoms with van der Waals surface area (Å²) in [4.78, 5) is 63.0. The molecule has 0 aliphatic heterocycles. The van der Waals surface area contributed by atoms with Crippen LogP contribution in [0.3, 0.4) is 0 Å². The fourth-order valence-electron chi connectivity index (χ4n) is 3.99. The molecule has 0 aliphatic carbocycles. The maximum absolute atomic E-state index is 13.0. The monoisotopic (exact) mass is 552 g/mol. The molecule has 0 bridgehead atoms. The van der Waals surface area contributed by atoms with Crippen LogP contribution in [0.2, 0.25) is 0 Å². The average Bonchev–Trinajstić information content (AvgIpc) is 3.36. The van der Waals surface area contributed by atoms with Crippen LogP contribution in [0.1, 0.15) is 45.6 Å². The Balaban J connectivity index is 1.49. The van der Waals surface area contributed by atoms with Gasteiger partial charge in [0, 0.05) is 13.1 Å². The van der Waals surface area contributed by atoms with Gasteiger partial charge < -0.3 is 31.0 Å². The zero-order chi connectivity index (χ0) is 29.1. The summed E-state index contributed by atoms with van der Waals surface area (Å²) in [5.41, 5.74) is 7.68. The number of rotatable bonds is 14. The molecule has 0 saturated carbocycles. The van der Waals surface area contributed by atoms with Crippen LogP contribution >= 0.6 is 0 Å². The minimum absolute atomic E-state index is 0.0534. The van der Waals surface area contributed by atoms with Crippen LogP contribution in [0.4, 0.5) is 10.6 Å². The SMILES string of the molecule is CCC(NC(=O)[C@H](CC(C)C)NC(=O)OCc1ccccc1)C(=O)C(=O)NCCCn1cnc2c(N)ncnc21. The van der Waals surface area contributed by atoms with Gasteiger partial charge in [-0.15, -0.1) is 0 Å². The lowest BCUT2D eigenvalue weighted by atomic mass is 10.0. The molecule has 0 radical (unpaired) electrons. The highest BCUT2D eigenvalue weighted by Gasteiger charge is 2.29. The number of ether oxygens (including phenoxy) is 1. The van der Waals surface area contributed by atoms with Gasteiger partial charge in [0.15, 0.2) is 11.5 Å². The molecular formula is C27H36N8O5. The number of aryl methyl sites for hydroxylation is 1. The molecule has 0 saturated heterocycles. The summed E-state index contributed by atoms with van der Waals surface area (Å²) in [7, 11) is 0. The van der Waals surface area contributed by atoms with E-state index in [0.717, 1.165) is 5.56 Å². The first-order valence-corrected chi connectivity index (χ1v) is 13.2. The minimum Gasteiger partial charge on any atom is -0.445 e. The molecule has 1 aromatic carbocycles. The molecule has 13 nitrogen and oxygen atoms in total. The maximum atomic E-state index is 13.0. The Morgan fingerprint density at radius 1 is 1.02 bits per heavy atom. The lowest BCUT2D eigenvalue weighted by Crippen LogP contribution is -2.54. The lowest BCUT2D eigenvalue weighted by molar-refractivity contribution is -0.140. The van der Waals surface area contributed by atoms with Crippen molar-refractivity contribution in [3.05, 3.63) is 48.5 Å². The summed E-state index contributed by atoms with van der Waals surface area (Å²) in [5.74, 6) is -1.78. The molecule has 2 aromatic heterocycles. The van der Waals surface area contributed by atoms with Crippen LogP contribution in [0.15, 0.2) is 43.0 Å². The lowest BCUT2D eigenvalue weighted by Gasteiger charge is -2.23. The number of amides is 3. The summed E-state index contributed by atoms with van der Waals surface area (Å²) >= 11 is 0. The molecule has 0 fully saturated rings. The molecule has 2 heterocycles. The third-order valence-corrected chi connectivity index (χ3v) is 6.08.